The van der Waals surface area contributed by atoms with Gasteiger partial charge in [-0.15, -0.1) is 0 Å². The molecule has 0 heterocycles. The van der Waals surface area contributed by atoms with Crippen LogP contribution < -0.4 is 14.8 Å². The third-order valence-electron chi connectivity index (χ3n) is 4.27. The van der Waals surface area contributed by atoms with Crippen LogP contribution in [0.2, 0.25) is 0 Å². The molecule has 0 radical (unpaired) electrons. The topological polar surface area (TPSA) is 30.5 Å². The second-order valence-electron chi connectivity index (χ2n) is 5.61. The number of halogens is 1. The van der Waals surface area contributed by atoms with Crippen molar-refractivity contribution in [3.8, 4) is 11.5 Å². The molecule has 3 nitrogen and oxygen atoms in total. The molecule has 0 aliphatic heterocycles. The lowest BCUT2D eigenvalue weighted by Gasteiger charge is -2.17. The lowest BCUT2D eigenvalue weighted by molar-refractivity contribution is 0.352. The van der Waals surface area contributed by atoms with Crippen LogP contribution in [0.3, 0.4) is 0 Å². The predicted molar refractivity (Wildman–Crippen MR) is 85.5 cm³/mol. The van der Waals surface area contributed by atoms with Crippen LogP contribution in [0.25, 0.3) is 0 Å². The second-order valence-corrected chi connectivity index (χ2v) is 6.47. The first-order valence-corrected chi connectivity index (χ1v) is 8.06. The minimum absolute atomic E-state index is 0.751. The molecule has 1 aromatic carbocycles. The fourth-order valence-corrected chi connectivity index (χ4v) is 3.65. The molecule has 4 heteroatoms. The third-order valence-corrected chi connectivity index (χ3v) is 4.86. The normalized spacial score (nSPS) is 22.0. The Morgan fingerprint density at radius 3 is 2.65 bits per heavy atom. The maximum atomic E-state index is 5.37. The van der Waals surface area contributed by atoms with Gasteiger partial charge in [-0.25, -0.2) is 0 Å². The fraction of sp³-hybridized carbons (Fsp3) is 0.625. The van der Waals surface area contributed by atoms with E-state index in [1.54, 1.807) is 14.2 Å². The van der Waals surface area contributed by atoms with Gasteiger partial charge in [0.25, 0.3) is 0 Å². The highest BCUT2D eigenvalue weighted by Gasteiger charge is 2.22. The molecule has 1 aliphatic carbocycles. The van der Waals surface area contributed by atoms with E-state index < -0.39 is 0 Å². The van der Waals surface area contributed by atoms with Gasteiger partial charge in [-0.05, 0) is 58.4 Å². The van der Waals surface area contributed by atoms with Crippen LogP contribution in [0.1, 0.15) is 31.7 Å². The maximum Gasteiger partial charge on any atom is 0.174 e. The SMILES string of the molecule is COc1cc(CNCC2CCCC2C)cc(Br)c1OC. The molecule has 1 aliphatic rings. The van der Waals surface area contributed by atoms with Crippen LogP contribution in [-0.2, 0) is 6.54 Å². The Bertz CT molecular complexity index is 450. The average molecular weight is 342 g/mol. The summed E-state index contributed by atoms with van der Waals surface area (Å²) >= 11 is 3.53. The highest BCUT2D eigenvalue weighted by Crippen LogP contribution is 2.36. The smallest absolute Gasteiger partial charge is 0.174 e. The monoisotopic (exact) mass is 341 g/mol. The first kappa shape index (κ1) is 15.6. The molecule has 20 heavy (non-hydrogen) atoms. The summed E-state index contributed by atoms with van der Waals surface area (Å²) in [6, 6.07) is 4.13. The van der Waals surface area contributed by atoms with Crippen LogP contribution in [-0.4, -0.2) is 20.8 Å². The minimum Gasteiger partial charge on any atom is -0.493 e. The van der Waals surface area contributed by atoms with E-state index in [0.29, 0.717) is 0 Å². The molecule has 1 N–H and O–H groups in total. The molecule has 0 aromatic heterocycles. The maximum absolute atomic E-state index is 5.37. The van der Waals surface area contributed by atoms with Gasteiger partial charge in [-0.2, -0.15) is 0 Å². The number of hydrogen-bond donors (Lipinski definition) is 1. The lowest BCUT2D eigenvalue weighted by Crippen LogP contribution is -2.24. The Hall–Kier alpha value is -0.740. The van der Waals surface area contributed by atoms with Crippen LogP contribution in [0.4, 0.5) is 0 Å². The van der Waals surface area contributed by atoms with Gasteiger partial charge in [0.2, 0.25) is 0 Å². The van der Waals surface area contributed by atoms with Crippen molar-refractivity contribution in [1.82, 2.24) is 5.32 Å². The predicted octanol–water partition coefficient (Wildman–Crippen LogP) is 3.99. The van der Waals surface area contributed by atoms with E-state index in [1.807, 2.05) is 6.07 Å². The first-order chi connectivity index (χ1) is 9.65. The largest absolute Gasteiger partial charge is 0.493 e. The molecular weight excluding hydrogens is 318 g/mol. The summed E-state index contributed by atoms with van der Waals surface area (Å²) in [6.45, 7) is 4.33. The molecule has 0 saturated heterocycles. The van der Waals surface area contributed by atoms with Gasteiger partial charge in [0.05, 0.1) is 18.7 Å². The lowest BCUT2D eigenvalue weighted by atomic mass is 9.98. The van der Waals surface area contributed by atoms with Gasteiger partial charge in [0.15, 0.2) is 11.5 Å². The van der Waals surface area contributed by atoms with Crippen LogP contribution >= 0.6 is 15.9 Å². The number of benzene rings is 1. The molecule has 112 valence electrons. The second kappa shape index (κ2) is 7.32. The molecule has 2 atom stereocenters. The van der Waals surface area contributed by atoms with Gasteiger partial charge < -0.3 is 14.8 Å². The van der Waals surface area contributed by atoms with Crippen molar-refractivity contribution in [3.63, 3.8) is 0 Å². The molecule has 2 unspecified atom stereocenters. The quantitative estimate of drug-likeness (QED) is 0.848. The molecule has 0 bridgehead atoms. The molecule has 1 fully saturated rings. The summed E-state index contributed by atoms with van der Waals surface area (Å²) < 4.78 is 11.6. The summed E-state index contributed by atoms with van der Waals surface area (Å²) in [6.07, 6.45) is 4.13. The standard InChI is InChI=1S/C16H24BrNO2/c1-11-5-4-6-13(11)10-18-9-12-7-14(17)16(20-3)15(8-12)19-2/h7-8,11,13,18H,4-6,9-10H2,1-3H3. The number of nitrogens with one attached hydrogen (secondary N) is 1. The van der Waals surface area contributed by atoms with Crippen molar-refractivity contribution in [3.05, 3.63) is 22.2 Å². The third kappa shape index (κ3) is 3.67. The van der Waals surface area contributed by atoms with E-state index in [2.05, 4.69) is 34.2 Å². The highest BCUT2D eigenvalue weighted by atomic mass is 79.9. The van der Waals surface area contributed by atoms with Gasteiger partial charge >= 0.3 is 0 Å². The van der Waals surface area contributed by atoms with Gasteiger partial charge in [0, 0.05) is 6.54 Å². The molecule has 0 amide bonds. The Kier molecular flexibility index (Phi) is 5.73. The van der Waals surface area contributed by atoms with Crippen molar-refractivity contribution >= 4 is 15.9 Å². The molecule has 2 rings (SSSR count). The van der Waals surface area contributed by atoms with E-state index >= 15 is 0 Å². The van der Waals surface area contributed by atoms with Crippen LogP contribution in [0, 0.1) is 11.8 Å². The summed E-state index contributed by atoms with van der Waals surface area (Å²) in [5.74, 6) is 3.21. The summed E-state index contributed by atoms with van der Waals surface area (Å²) in [5, 5.41) is 3.57. The van der Waals surface area contributed by atoms with E-state index in [-0.39, 0.29) is 0 Å². The number of methoxy groups -OCH3 is 2. The van der Waals surface area contributed by atoms with Crippen molar-refractivity contribution in [1.29, 1.82) is 0 Å². The van der Waals surface area contributed by atoms with Crippen molar-refractivity contribution < 1.29 is 9.47 Å². The summed E-state index contributed by atoms with van der Waals surface area (Å²) in [5.41, 5.74) is 1.21. The first-order valence-electron chi connectivity index (χ1n) is 7.26. The molecule has 1 aromatic rings. The van der Waals surface area contributed by atoms with Gasteiger partial charge in [0.1, 0.15) is 0 Å². The number of rotatable bonds is 6. The molecule has 0 spiro atoms. The highest BCUT2D eigenvalue weighted by molar-refractivity contribution is 9.10. The van der Waals surface area contributed by atoms with Crippen molar-refractivity contribution in [2.24, 2.45) is 11.8 Å². The summed E-state index contributed by atoms with van der Waals surface area (Å²) in [4.78, 5) is 0. The van der Waals surface area contributed by atoms with Gasteiger partial charge in [-0.1, -0.05) is 19.8 Å². The zero-order chi connectivity index (χ0) is 14.5. The van der Waals surface area contributed by atoms with Crippen LogP contribution in [0.5, 0.6) is 11.5 Å². The zero-order valence-electron chi connectivity index (χ0n) is 12.5. The van der Waals surface area contributed by atoms with E-state index in [9.17, 15) is 0 Å². The Labute approximate surface area is 130 Å². The Morgan fingerprint density at radius 2 is 2.05 bits per heavy atom. The van der Waals surface area contributed by atoms with Crippen molar-refractivity contribution in [2.45, 2.75) is 32.7 Å². The van der Waals surface area contributed by atoms with E-state index in [0.717, 1.165) is 40.9 Å². The Balaban J connectivity index is 1.94. The summed E-state index contributed by atoms with van der Waals surface area (Å²) in [7, 11) is 3.32. The average Bonchev–Trinajstić information content (AvgIpc) is 2.84. The van der Waals surface area contributed by atoms with Crippen molar-refractivity contribution in [2.75, 3.05) is 20.8 Å². The van der Waals surface area contributed by atoms with Gasteiger partial charge in [-0.3, -0.25) is 0 Å². The minimum atomic E-state index is 0.751. The molecule has 1 saturated carbocycles. The number of hydrogen-bond acceptors (Lipinski definition) is 3. The fourth-order valence-electron chi connectivity index (χ4n) is 3.00. The Morgan fingerprint density at radius 1 is 1.25 bits per heavy atom. The molecular formula is C16H24BrNO2. The van der Waals surface area contributed by atoms with Crippen LogP contribution in [0.15, 0.2) is 16.6 Å². The van der Waals surface area contributed by atoms with E-state index in [1.165, 1.54) is 24.8 Å². The zero-order valence-corrected chi connectivity index (χ0v) is 14.1. The number of ether oxygens (including phenoxy) is 2. The van der Waals surface area contributed by atoms with E-state index in [4.69, 9.17) is 9.47 Å².